The molecule has 0 atom stereocenters. The highest BCUT2D eigenvalue weighted by Gasteiger charge is 2.12. The summed E-state index contributed by atoms with van der Waals surface area (Å²) in [6.45, 7) is 3.67. The molecule has 0 bridgehead atoms. The first-order chi connectivity index (χ1) is 11.9. The Kier molecular flexibility index (Phi) is 5.89. The van der Waals surface area contributed by atoms with Crippen LogP contribution in [0.2, 0.25) is 0 Å². The van der Waals surface area contributed by atoms with Gasteiger partial charge in [-0.15, -0.1) is 0 Å². The van der Waals surface area contributed by atoms with Crippen molar-refractivity contribution in [3.05, 3.63) is 47.3 Å². The minimum Gasteiger partial charge on any atom is -0.462 e. The molecule has 1 heterocycles. The summed E-state index contributed by atoms with van der Waals surface area (Å²) in [5, 5.41) is 9.18. The third-order valence-electron chi connectivity index (χ3n) is 3.44. The quantitative estimate of drug-likeness (QED) is 0.769. The number of aromatic nitrogens is 2. The second kappa shape index (κ2) is 8.09. The number of nitrogens with zero attached hydrogens (tertiary/aromatic N) is 2. The van der Waals surface area contributed by atoms with Gasteiger partial charge in [0.05, 0.1) is 18.7 Å². The second-order valence-electron chi connectivity index (χ2n) is 5.32. The molecular weight excluding hydrogens is 324 g/mol. The molecule has 2 rings (SSSR count). The van der Waals surface area contributed by atoms with Gasteiger partial charge in [-0.05, 0) is 44.2 Å². The molecular formula is C17H20N4O4. The molecule has 2 N–H and O–H groups in total. The summed E-state index contributed by atoms with van der Waals surface area (Å²) in [7, 11) is 1.73. The molecule has 0 fully saturated rings. The average Bonchev–Trinajstić information content (AvgIpc) is 2.93. The van der Waals surface area contributed by atoms with Crippen molar-refractivity contribution in [2.45, 2.75) is 13.8 Å². The molecule has 132 valence electrons. The van der Waals surface area contributed by atoms with Gasteiger partial charge in [0.15, 0.2) is 0 Å². The van der Waals surface area contributed by atoms with Gasteiger partial charge in [-0.25, -0.2) is 4.79 Å². The number of benzene rings is 1. The third-order valence-corrected chi connectivity index (χ3v) is 3.44. The van der Waals surface area contributed by atoms with Crippen LogP contribution < -0.4 is 10.6 Å². The van der Waals surface area contributed by atoms with Gasteiger partial charge < -0.3 is 15.4 Å². The monoisotopic (exact) mass is 344 g/mol. The van der Waals surface area contributed by atoms with Crippen LogP contribution >= 0.6 is 0 Å². The molecule has 1 aromatic heterocycles. The van der Waals surface area contributed by atoms with Crippen molar-refractivity contribution in [1.82, 2.24) is 15.1 Å². The number of esters is 1. The molecule has 0 saturated carbocycles. The SMILES string of the molecule is CCOC(=O)c1ccc(NC(=O)CNC(=O)c2cc(C)n(C)n2)cc1. The summed E-state index contributed by atoms with van der Waals surface area (Å²) in [4.78, 5) is 35.4. The van der Waals surface area contributed by atoms with Crippen molar-refractivity contribution in [1.29, 1.82) is 0 Å². The molecule has 8 heteroatoms. The van der Waals surface area contributed by atoms with E-state index in [-0.39, 0.29) is 18.1 Å². The van der Waals surface area contributed by atoms with Crippen LogP contribution in [0.1, 0.15) is 33.5 Å². The van der Waals surface area contributed by atoms with Crippen LogP contribution in [0, 0.1) is 6.92 Å². The van der Waals surface area contributed by atoms with Gasteiger partial charge in [0.2, 0.25) is 5.91 Å². The molecule has 0 unspecified atom stereocenters. The van der Waals surface area contributed by atoms with Gasteiger partial charge in [-0.3, -0.25) is 14.3 Å². The molecule has 25 heavy (non-hydrogen) atoms. The van der Waals surface area contributed by atoms with Crippen molar-refractivity contribution >= 4 is 23.5 Å². The Bertz CT molecular complexity index is 761. The molecule has 1 aromatic carbocycles. The van der Waals surface area contributed by atoms with E-state index in [1.807, 2.05) is 6.92 Å². The van der Waals surface area contributed by atoms with Crippen molar-refractivity contribution in [3.63, 3.8) is 0 Å². The fourth-order valence-electron chi connectivity index (χ4n) is 2.03. The Morgan fingerprint density at radius 3 is 2.44 bits per heavy atom. The van der Waals surface area contributed by atoms with E-state index >= 15 is 0 Å². The summed E-state index contributed by atoms with van der Waals surface area (Å²) in [5.74, 6) is -1.22. The molecule has 2 amide bonds. The summed E-state index contributed by atoms with van der Waals surface area (Å²) in [5.41, 5.74) is 2.02. The molecule has 0 aliphatic carbocycles. The maximum atomic E-state index is 11.9. The number of aryl methyl sites for hydroxylation is 2. The molecule has 0 spiro atoms. The number of carbonyl (C=O) groups excluding carboxylic acids is 3. The van der Waals surface area contributed by atoms with Crippen LogP contribution in [-0.2, 0) is 16.6 Å². The number of anilines is 1. The largest absolute Gasteiger partial charge is 0.462 e. The van der Waals surface area contributed by atoms with Gasteiger partial charge in [0.1, 0.15) is 5.69 Å². The number of ether oxygens (including phenoxy) is 1. The van der Waals surface area contributed by atoms with Crippen molar-refractivity contribution in [2.24, 2.45) is 7.05 Å². The zero-order valence-corrected chi connectivity index (χ0v) is 14.3. The van der Waals surface area contributed by atoms with Crippen LogP contribution in [0.3, 0.4) is 0 Å². The van der Waals surface area contributed by atoms with Crippen LogP contribution in [0.5, 0.6) is 0 Å². The molecule has 0 radical (unpaired) electrons. The minimum atomic E-state index is -0.420. The highest BCUT2D eigenvalue weighted by molar-refractivity contribution is 5.98. The zero-order chi connectivity index (χ0) is 18.4. The van der Waals surface area contributed by atoms with Gasteiger partial charge >= 0.3 is 5.97 Å². The summed E-state index contributed by atoms with van der Waals surface area (Å²) >= 11 is 0. The lowest BCUT2D eigenvalue weighted by molar-refractivity contribution is -0.115. The van der Waals surface area contributed by atoms with E-state index in [4.69, 9.17) is 4.74 Å². The predicted molar refractivity (Wildman–Crippen MR) is 91.3 cm³/mol. The third kappa shape index (κ3) is 4.90. The number of carbonyl (C=O) groups is 3. The topological polar surface area (TPSA) is 102 Å². The first-order valence-corrected chi connectivity index (χ1v) is 7.76. The average molecular weight is 344 g/mol. The van der Waals surface area contributed by atoms with Crippen molar-refractivity contribution in [3.8, 4) is 0 Å². The fourth-order valence-corrected chi connectivity index (χ4v) is 2.03. The predicted octanol–water partition coefficient (Wildman–Crippen LogP) is 1.27. The highest BCUT2D eigenvalue weighted by atomic mass is 16.5. The Morgan fingerprint density at radius 1 is 1.20 bits per heavy atom. The Hall–Kier alpha value is -3.16. The van der Waals surface area contributed by atoms with E-state index in [0.717, 1.165) is 5.69 Å². The molecule has 0 saturated heterocycles. The van der Waals surface area contributed by atoms with Crippen LogP contribution in [0.4, 0.5) is 5.69 Å². The van der Waals surface area contributed by atoms with Crippen LogP contribution in [0.15, 0.2) is 30.3 Å². The summed E-state index contributed by atoms with van der Waals surface area (Å²) < 4.78 is 6.47. The maximum Gasteiger partial charge on any atom is 0.338 e. The molecule has 2 aromatic rings. The lowest BCUT2D eigenvalue weighted by Crippen LogP contribution is -2.33. The van der Waals surface area contributed by atoms with Crippen molar-refractivity contribution in [2.75, 3.05) is 18.5 Å². The second-order valence-corrected chi connectivity index (χ2v) is 5.32. The number of hydrogen-bond donors (Lipinski definition) is 2. The first-order valence-electron chi connectivity index (χ1n) is 7.76. The van der Waals surface area contributed by atoms with Crippen LogP contribution in [-0.4, -0.2) is 40.7 Å². The van der Waals surface area contributed by atoms with Gasteiger partial charge in [0, 0.05) is 18.4 Å². The first kappa shape index (κ1) is 18.2. The van der Waals surface area contributed by atoms with Gasteiger partial charge in [0.25, 0.3) is 5.91 Å². The molecule has 0 aliphatic heterocycles. The maximum absolute atomic E-state index is 11.9. The Morgan fingerprint density at radius 2 is 1.88 bits per heavy atom. The fraction of sp³-hybridized carbons (Fsp3) is 0.294. The minimum absolute atomic E-state index is 0.186. The highest BCUT2D eigenvalue weighted by Crippen LogP contribution is 2.10. The number of hydrogen-bond acceptors (Lipinski definition) is 5. The summed E-state index contributed by atoms with van der Waals surface area (Å²) in [6, 6.07) is 7.94. The lowest BCUT2D eigenvalue weighted by atomic mass is 10.2. The number of amides is 2. The lowest BCUT2D eigenvalue weighted by Gasteiger charge is -2.07. The van der Waals surface area contributed by atoms with Gasteiger partial charge in [-0.1, -0.05) is 0 Å². The summed E-state index contributed by atoms with van der Waals surface area (Å²) in [6.07, 6.45) is 0. The molecule has 8 nitrogen and oxygen atoms in total. The van der Waals surface area contributed by atoms with E-state index in [1.54, 1.807) is 49.0 Å². The van der Waals surface area contributed by atoms with E-state index in [1.165, 1.54) is 0 Å². The standard InChI is InChI=1S/C17H20N4O4/c1-4-25-17(24)12-5-7-13(8-6-12)19-15(22)10-18-16(23)14-9-11(2)21(3)20-14/h5-9H,4,10H2,1-3H3,(H,18,23)(H,19,22). The Labute approximate surface area is 145 Å². The Balaban J connectivity index is 1.85. The van der Waals surface area contributed by atoms with Gasteiger partial charge in [-0.2, -0.15) is 5.10 Å². The smallest absolute Gasteiger partial charge is 0.338 e. The van der Waals surface area contributed by atoms with E-state index < -0.39 is 11.9 Å². The van der Waals surface area contributed by atoms with E-state index in [2.05, 4.69) is 15.7 Å². The number of nitrogens with one attached hydrogen (secondary N) is 2. The normalized spacial score (nSPS) is 10.2. The van der Waals surface area contributed by atoms with Crippen molar-refractivity contribution < 1.29 is 19.1 Å². The van der Waals surface area contributed by atoms with Crippen LogP contribution in [0.25, 0.3) is 0 Å². The molecule has 0 aliphatic rings. The van der Waals surface area contributed by atoms with E-state index in [9.17, 15) is 14.4 Å². The zero-order valence-electron chi connectivity index (χ0n) is 14.3. The van der Waals surface area contributed by atoms with E-state index in [0.29, 0.717) is 17.9 Å². The number of rotatable bonds is 6.